The molecule has 1 saturated carbocycles. The third-order valence-electron chi connectivity index (χ3n) is 3.38. The topological polar surface area (TPSA) is 32.7 Å². The van der Waals surface area contributed by atoms with Crippen molar-refractivity contribution >= 4 is 18.1 Å². The van der Waals surface area contributed by atoms with Gasteiger partial charge >= 0.3 is 6.18 Å². The summed E-state index contributed by atoms with van der Waals surface area (Å²) in [5.74, 6) is -0.132. The van der Waals surface area contributed by atoms with Crippen LogP contribution in [0, 0.1) is 0 Å². The van der Waals surface area contributed by atoms with Gasteiger partial charge in [0.05, 0.1) is 5.56 Å². The lowest BCUT2D eigenvalue weighted by Crippen LogP contribution is -2.04. The molecule has 23 heavy (non-hydrogen) atoms. The minimum Gasteiger partial charge on any atom is -0.303 e. The summed E-state index contributed by atoms with van der Waals surface area (Å²) >= 11 is 0. The van der Waals surface area contributed by atoms with Crippen molar-refractivity contribution in [2.45, 2.75) is 19.0 Å². The van der Waals surface area contributed by atoms with E-state index in [-0.39, 0.29) is 5.78 Å². The van der Waals surface area contributed by atoms with Gasteiger partial charge in [0.15, 0.2) is 5.78 Å². The fourth-order valence-corrected chi connectivity index (χ4v) is 2.26. The van der Waals surface area contributed by atoms with Crippen molar-refractivity contribution in [2.75, 3.05) is 14.1 Å². The number of carbonyl (C=O) groups excluding carboxylic acids is 1. The quantitative estimate of drug-likeness (QED) is 0.480. The van der Waals surface area contributed by atoms with E-state index >= 15 is 0 Å². The molecule has 1 aliphatic carbocycles. The minimum absolute atomic E-state index is 0.132. The van der Waals surface area contributed by atoms with E-state index in [2.05, 4.69) is 5.10 Å². The monoisotopic (exact) mass is 322 g/mol. The van der Waals surface area contributed by atoms with E-state index in [9.17, 15) is 18.0 Å². The van der Waals surface area contributed by atoms with E-state index in [4.69, 9.17) is 0 Å². The molecule has 0 N–H and O–H groups in total. The summed E-state index contributed by atoms with van der Waals surface area (Å²) in [7, 11) is 3.54. The van der Waals surface area contributed by atoms with Gasteiger partial charge in [-0.05, 0) is 42.7 Å². The molecule has 1 aromatic carbocycles. The Labute approximate surface area is 132 Å². The summed E-state index contributed by atoms with van der Waals surface area (Å²) in [5, 5.41) is 5.61. The molecular formula is C17H17F3N2O. The summed E-state index contributed by atoms with van der Waals surface area (Å²) in [5.41, 5.74) is 0.806. The Kier molecular flexibility index (Phi) is 5.03. The number of hydrogen-bond acceptors (Lipinski definition) is 3. The van der Waals surface area contributed by atoms with Crippen LogP contribution in [-0.2, 0) is 11.0 Å². The van der Waals surface area contributed by atoms with Gasteiger partial charge in [0, 0.05) is 31.5 Å². The highest BCUT2D eigenvalue weighted by atomic mass is 19.4. The molecule has 0 atom stereocenters. The second kappa shape index (κ2) is 6.81. The van der Waals surface area contributed by atoms with Crippen molar-refractivity contribution in [3.63, 3.8) is 0 Å². The van der Waals surface area contributed by atoms with Crippen LogP contribution >= 0.6 is 0 Å². The van der Waals surface area contributed by atoms with Crippen LogP contribution in [0.3, 0.4) is 0 Å². The number of rotatable bonds is 3. The van der Waals surface area contributed by atoms with Gasteiger partial charge in [0.2, 0.25) is 0 Å². The molecule has 0 radical (unpaired) electrons. The fraction of sp³-hybridized carbons (Fsp3) is 0.294. The van der Waals surface area contributed by atoms with Gasteiger partial charge in [-0.15, -0.1) is 0 Å². The molecule has 1 fully saturated rings. The van der Waals surface area contributed by atoms with Crippen molar-refractivity contribution in [3.05, 3.63) is 52.6 Å². The Balaban J connectivity index is 2.20. The number of allylic oxidation sites excluding steroid dienone is 3. The summed E-state index contributed by atoms with van der Waals surface area (Å²) in [6, 6.07) is 4.97. The van der Waals surface area contributed by atoms with Crippen molar-refractivity contribution < 1.29 is 18.0 Å². The first-order chi connectivity index (χ1) is 10.8. The number of nitrogens with zero attached hydrogens (tertiary/aromatic N) is 2. The van der Waals surface area contributed by atoms with Crippen LogP contribution in [0.5, 0.6) is 0 Å². The maximum absolute atomic E-state index is 12.7. The molecule has 0 amide bonds. The van der Waals surface area contributed by atoms with Crippen LogP contribution in [0.15, 0.2) is 46.6 Å². The first kappa shape index (κ1) is 17.0. The highest BCUT2D eigenvalue weighted by molar-refractivity contribution is 6.14. The second-order valence-electron chi connectivity index (χ2n) is 5.43. The SMILES string of the molecule is CN(C)/N=C/C=C1/CC/C(=C\c2cccc(C(F)(F)F)c2)C1=O. The minimum atomic E-state index is -4.39. The molecule has 0 spiro atoms. The average Bonchev–Trinajstić information content (AvgIpc) is 2.79. The summed E-state index contributed by atoms with van der Waals surface area (Å²) in [6.07, 6.45) is 1.43. The molecule has 0 bridgehead atoms. The molecule has 3 nitrogen and oxygen atoms in total. The van der Waals surface area contributed by atoms with Crippen LogP contribution in [0.25, 0.3) is 6.08 Å². The maximum Gasteiger partial charge on any atom is 0.416 e. The lowest BCUT2D eigenvalue weighted by molar-refractivity contribution is -0.137. The number of benzene rings is 1. The molecule has 0 aromatic heterocycles. The number of Topliss-reactive ketones (excluding diaryl/α,β-unsaturated/α-hetero) is 1. The van der Waals surface area contributed by atoms with Crippen LogP contribution in [0.2, 0.25) is 0 Å². The Hall–Kier alpha value is -2.37. The molecule has 1 aromatic rings. The predicted molar refractivity (Wildman–Crippen MR) is 83.9 cm³/mol. The van der Waals surface area contributed by atoms with E-state index in [0.29, 0.717) is 29.6 Å². The van der Waals surface area contributed by atoms with Gasteiger partial charge in [-0.25, -0.2) is 0 Å². The van der Waals surface area contributed by atoms with E-state index in [1.165, 1.54) is 12.1 Å². The lowest BCUT2D eigenvalue weighted by atomic mass is 10.1. The third-order valence-corrected chi connectivity index (χ3v) is 3.38. The molecule has 122 valence electrons. The van der Waals surface area contributed by atoms with Crippen LogP contribution in [0.4, 0.5) is 13.2 Å². The summed E-state index contributed by atoms with van der Waals surface area (Å²) < 4.78 is 38.1. The van der Waals surface area contributed by atoms with Gasteiger partial charge in [-0.3, -0.25) is 4.79 Å². The highest BCUT2D eigenvalue weighted by Gasteiger charge is 2.30. The van der Waals surface area contributed by atoms with Gasteiger partial charge < -0.3 is 5.01 Å². The Bertz CT molecular complexity index is 685. The predicted octanol–water partition coefficient (Wildman–Crippen LogP) is 3.93. The van der Waals surface area contributed by atoms with E-state index in [0.717, 1.165) is 12.1 Å². The molecule has 0 heterocycles. The number of hydrazone groups is 1. The zero-order valence-corrected chi connectivity index (χ0v) is 12.9. The van der Waals surface area contributed by atoms with E-state index < -0.39 is 11.7 Å². The highest BCUT2D eigenvalue weighted by Crippen LogP contribution is 2.31. The first-order valence-electron chi connectivity index (χ1n) is 7.10. The largest absolute Gasteiger partial charge is 0.416 e. The second-order valence-corrected chi connectivity index (χ2v) is 5.43. The molecule has 0 saturated heterocycles. The third kappa shape index (κ3) is 4.55. The molecule has 0 unspecified atom stereocenters. The Morgan fingerprint density at radius 2 is 1.87 bits per heavy atom. The van der Waals surface area contributed by atoms with Gasteiger partial charge in [0.1, 0.15) is 0 Å². The molecule has 6 heteroatoms. The fourth-order valence-electron chi connectivity index (χ4n) is 2.26. The van der Waals surface area contributed by atoms with E-state index in [1.54, 1.807) is 37.5 Å². The van der Waals surface area contributed by atoms with E-state index in [1.807, 2.05) is 0 Å². The zero-order chi connectivity index (χ0) is 17.0. The van der Waals surface area contributed by atoms with Crippen molar-refractivity contribution in [1.29, 1.82) is 0 Å². The molecule has 0 aliphatic heterocycles. The van der Waals surface area contributed by atoms with Crippen molar-refractivity contribution in [1.82, 2.24) is 5.01 Å². The first-order valence-corrected chi connectivity index (χ1v) is 7.10. The number of alkyl halides is 3. The Morgan fingerprint density at radius 3 is 2.52 bits per heavy atom. The Morgan fingerprint density at radius 1 is 1.17 bits per heavy atom. The van der Waals surface area contributed by atoms with Crippen molar-refractivity contribution in [2.24, 2.45) is 5.10 Å². The van der Waals surface area contributed by atoms with Crippen molar-refractivity contribution in [3.8, 4) is 0 Å². The number of ketones is 1. The maximum atomic E-state index is 12.7. The molecular weight excluding hydrogens is 305 g/mol. The van der Waals surface area contributed by atoms with Crippen LogP contribution in [-0.4, -0.2) is 31.1 Å². The van der Waals surface area contributed by atoms with Gasteiger partial charge in [0.25, 0.3) is 0 Å². The summed E-state index contributed by atoms with van der Waals surface area (Å²) in [4.78, 5) is 12.2. The number of carbonyl (C=O) groups is 1. The van der Waals surface area contributed by atoms with Crippen LogP contribution in [0.1, 0.15) is 24.0 Å². The number of hydrogen-bond donors (Lipinski definition) is 0. The summed E-state index contributed by atoms with van der Waals surface area (Å²) in [6.45, 7) is 0. The lowest BCUT2D eigenvalue weighted by Gasteiger charge is -2.07. The molecule has 2 rings (SSSR count). The van der Waals surface area contributed by atoms with Gasteiger partial charge in [-0.2, -0.15) is 18.3 Å². The number of halogens is 3. The zero-order valence-electron chi connectivity index (χ0n) is 12.9. The van der Waals surface area contributed by atoms with Crippen LogP contribution < -0.4 is 0 Å². The standard InChI is InChI=1S/C17H17F3N2O/c1-22(2)21-9-8-13-6-7-14(16(13)23)10-12-4-3-5-15(11-12)17(18,19)20/h3-5,8-11H,6-7H2,1-2H3/b13-8-,14-10+,21-9+. The smallest absolute Gasteiger partial charge is 0.303 e. The normalized spacial score (nSPS) is 19.3. The van der Waals surface area contributed by atoms with Gasteiger partial charge in [-0.1, -0.05) is 12.1 Å². The molecule has 1 aliphatic rings. The average molecular weight is 322 g/mol.